The van der Waals surface area contributed by atoms with Gasteiger partial charge in [0.15, 0.2) is 5.82 Å². The van der Waals surface area contributed by atoms with Gasteiger partial charge < -0.3 is 0 Å². The van der Waals surface area contributed by atoms with E-state index in [-0.39, 0.29) is 0 Å². The molecule has 0 aliphatic heterocycles. The zero-order valence-electron chi connectivity index (χ0n) is 9.31. The maximum absolute atomic E-state index is 6.07. The van der Waals surface area contributed by atoms with Crippen LogP contribution in [-0.2, 0) is 6.42 Å². The third kappa shape index (κ3) is 2.07. The van der Waals surface area contributed by atoms with Crippen molar-refractivity contribution < 1.29 is 0 Å². The summed E-state index contributed by atoms with van der Waals surface area (Å²) in [6, 6.07) is 0. The molecule has 0 aromatic carbocycles. The SMILES string of the molecule is CCCc1c(Cl)ncnc1-n1cc(C)cn1. The second-order valence-corrected chi connectivity index (χ2v) is 4.04. The van der Waals surface area contributed by atoms with E-state index in [1.54, 1.807) is 10.9 Å². The van der Waals surface area contributed by atoms with Gasteiger partial charge >= 0.3 is 0 Å². The maximum atomic E-state index is 6.07. The second-order valence-electron chi connectivity index (χ2n) is 3.68. The fourth-order valence-corrected chi connectivity index (χ4v) is 1.80. The third-order valence-corrected chi connectivity index (χ3v) is 2.62. The number of hydrogen-bond acceptors (Lipinski definition) is 3. The highest BCUT2D eigenvalue weighted by molar-refractivity contribution is 6.30. The van der Waals surface area contributed by atoms with Crippen LogP contribution in [0.2, 0.25) is 5.15 Å². The molecule has 2 heterocycles. The first-order valence-corrected chi connectivity index (χ1v) is 5.61. The highest BCUT2D eigenvalue weighted by Gasteiger charge is 2.11. The van der Waals surface area contributed by atoms with E-state index >= 15 is 0 Å². The molecule has 2 aromatic rings. The summed E-state index contributed by atoms with van der Waals surface area (Å²) in [6.45, 7) is 4.09. The minimum atomic E-state index is 0.514. The molecule has 2 aromatic heterocycles. The Morgan fingerprint density at radius 1 is 1.38 bits per heavy atom. The van der Waals surface area contributed by atoms with Gasteiger partial charge in [-0.05, 0) is 18.9 Å². The van der Waals surface area contributed by atoms with E-state index in [4.69, 9.17) is 11.6 Å². The van der Waals surface area contributed by atoms with Crippen LogP contribution < -0.4 is 0 Å². The van der Waals surface area contributed by atoms with Gasteiger partial charge in [-0.25, -0.2) is 14.6 Å². The molecule has 16 heavy (non-hydrogen) atoms. The molecule has 0 saturated heterocycles. The number of hydrogen-bond donors (Lipinski definition) is 0. The number of nitrogens with zero attached hydrogens (tertiary/aromatic N) is 4. The largest absolute Gasteiger partial charge is 0.224 e. The Balaban J connectivity index is 2.51. The second kappa shape index (κ2) is 4.61. The monoisotopic (exact) mass is 236 g/mol. The van der Waals surface area contributed by atoms with E-state index in [9.17, 15) is 0 Å². The first kappa shape index (κ1) is 11.1. The van der Waals surface area contributed by atoms with E-state index in [2.05, 4.69) is 22.0 Å². The molecular formula is C11H13ClN4. The molecule has 0 fully saturated rings. The van der Waals surface area contributed by atoms with E-state index in [1.165, 1.54) is 6.33 Å². The Morgan fingerprint density at radius 3 is 2.81 bits per heavy atom. The van der Waals surface area contributed by atoms with E-state index in [0.717, 1.165) is 29.8 Å². The van der Waals surface area contributed by atoms with Crippen LogP contribution in [0.3, 0.4) is 0 Å². The Labute approximate surface area is 99.3 Å². The molecule has 84 valence electrons. The standard InChI is InChI=1S/C11H13ClN4/c1-3-4-9-10(12)13-7-14-11(9)16-6-8(2)5-15-16/h5-7H,3-4H2,1-2H3. The van der Waals surface area contributed by atoms with Gasteiger partial charge in [0.05, 0.1) is 6.20 Å². The Kier molecular flexibility index (Phi) is 3.19. The van der Waals surface area contributed by atoms with E-state index in [0.29, 0.717) is 5.15 Å². The van der Waals surface area contributed by atoms with Crippen LogP contribution in [0.25, 0.3) is 5.82 Å². The zero-order valence-corrected chi connectivity index (χ0v) is 10.1. The average Bonchev–Trinajstić information content (AvgIpc) is 2.68. The molecule has 0 radical (unpaired) electrons. The van der Waals surface area contributed by atoms with E-state index in [1.807, 2.05) is 13.1 Å². The lowest BCUT2D eigenvalue weighted by Gasteiger charge is -2.08. The molecule has 0 aliphatic carbocycles. The van der Waals surface area contributed by atoms with Crippen molar-refractivity contribution in [2.75, 3.05) is 0 Å². The highest BCUT2D eigenvalue weighted by atomic mass is 35.5. The van der Waals surface area contributed by atoms with Crippen LogP contribution >= 0.6 is 11.6 Å². The zero-order chi connectivity index (χ0) is 11.5. The first-order valence-electron chi connectivity index (χ1n) is 5.23. The van der Waals surface area contributed by atoms with Crippen molar-refractivity contribution in [2.24, 2.45) is 0 Å². The molecule has 4 nitrogen and oxygen atoms in total. The topological polar surface area (TPSA) is 43.6 Å². The molecule has 0 amide bonds. The van der Waals surface area contributed by atoms with Crippen LogP contribution in [-0.4, -0.2) is 19.7 Å². The quantitative estimate of drug-likeness (QED) is 0.770. The normalized spacial score (nSPS) is 10.7. The van der Waals surface area contributed by atoms with Gasteiger partial charge in [0.1, 0.15) is 11.5 Å². The van der Waals surface area contributed by atoms with Gasteiger partial charge in [-0.1, -0.05) is 24.9 Å². The van der Waals surface area contributed by atoms with Crippen LogP contribution in [0.5, 0.6) is 0 Å². The highest BCUT2D eigenvalue weighted by Crippen LogP contribution is 2.20. The Bertz CT molecular complexity index is 492. The van der Waals surface area contributed by atoms with Crippen LogP contribution in [0.15, 0.2) is 18.7 Å². The van der Waals surface area contributed by atoms with Crippen molar-refractivity contribution in [1.29, 1.82) is 0 Å². The van der Waals surface area contributed by atoms with Crippen LogP contribution in [0.4, 0.5) is 0 Å². The van der Waals surface area contributed by atoms with E-state index < -0.39 is 0 Å². The van der Waals surface area contributed by atoms with Gasteiger partial charge in [0.2, 0.25) is 0 Å². The fraction of sp³-hybridized carbons (Fsp3) is 0.364. The van der Waals surface area contributed by atoms with Gasteiger partial charge in [-0.3, -0.25) is 0 Å². The minimum absolute atomic E-state index is 0.514. The lowest BCUT2D eigenvalue weighted by Crippen LogP contribution is -2.05. The smallest absolute Gasteiger partial charge is 0.161 e. The molecule has 0 saturated carbocycles. The van der Waals surface area contributed by atoms with Crippen molar-refractivity contribution in [2.45, 2.75) is 26.7 Å². The molecule has 5 heteroatoms. The van der Waals surface area contributed by atoms with Crippen molar-refractivity contribution in [3.05, 3.63) is 35.0 Å². The predicted octanol–water partition coefficient (Wildman–Crippen LogP) is 2.58. The molecule has 0 spiro atoms. The lowest BCUT2D eigenvalue weighted by molar-refractivity contribution is 0.798. The molecule has 0 unspecified atom stereocenters. The Morgan fingerprint density at radius 2 is 2.19 bits per heavy atom. The maximum Gasteiger partial charge on any atom is 0.161 e. The summed E-state index contributed by atoms with van der Waals surface area (Å²) in [4.78, 5) is 8.25. The molecule has 0 bridgehead atoms. The summed E-state index contributed by atoms with van der Waals surface area (Å²) in [5, 5.41) is 4.75. The number of aromatic nitrogens is 4. The summed E-state index contributed by atoms with van der Waals surface area (Å²) >= 11 is 6.07. The van der Waals surface area contributed by atoms with Crippen molar-refractivity contribution >= 4 is 11.6 Å². The molecular weight excluding hydrogens is 224 g/mol. The molecule has 0 atom stereocenters. The number of aryl methyl sites for hydroxylation is 1. The minimum Gasteiger partial charge on any atom is -0.224 e. The Hall–Kier alpha value is -1.42. The van der Waals surface area contributed by atoms with Gasteiger partial charge in [0, 0.05) is 11.8 Å². The average molecular weight is 237 g/mol. The predicted molar refractivity (Wildman–Crippen MR) is 62.9 cm³/mol. The summed E-state index contributed by atoms with van der Waals surface area (Å²) in [6.07, 6.45) is 7.05. The molecule has 0 aliphatic rings. The first-order chi connectivity index (χ1) is 7.72. The summed E-state index contributed by atoms with van der Waals surface area (Å²) < 4.78 is 1.74. The van der Waals surface area contributed by atoms with Crippen LogP contribution in [0, 0.1) is 6.92 Å². The molecule has 2 rings (SSSR count). The number of rotatable bonds is 3. The fourth-order valence-electron chi connectivity index (χ4n) is 1.57. The third-order valence-electron chi connectivity index (χ3n) is 2.30. The van der Waals surface area contributed by atoms with Crippen molar-refractivity contribution in [3.8, 4) is 5.82 Å². The summed E-state index contributed by atoms with van der Waals surface area (Å²) in [7, 11) is 0. The molecule has 0 N–H and O–H groups in total. The summed E-state index contributed by atoms with van der Waals surface area (Å²) in [5.74, 6) is 0.773. The number of halogens is 1. The van der Waals surface area contributed by atoms with Crippen molar-refractivity contribution in [3.63, 3.8) is 0 Å². The summed E-state index contributed by atoms with van der Waals surface area (Å²) in [5.41, 5.74) is 2.05. The van der Waals surface area contributed by atoms with Gasteiger partial charge in [0.25, 0.3) is 0 Å². The van der Waals surface area contributed by atoms with Crippen LogP contribution in [0.1, 0.15) is 24.5 Å². The lowest BCUT2D eigenvalue weighted by atomic mass is 10.2. The van der Waals surface area contributed by atoms with Gasteiger partial charge in [-0.2, -0.15) is 5.10 Å². The van der Waals surface area contributed by atoms with Gasteiger partial charge in [-0.15, -0.1) is 0 Å². The van der Waals surface area contributed by atoms with Crippen molar-refractivity contribution in [1.82, 2.24) is 19.7 Å².